The van der Waals surface area contributed by atoms with Crippen molar-refractivity contribution in [2.45, 2.75) is 58.2 Å². The topological polar surface area (TPSA) is 64.3 Å². The molecule has 0 aromatic heterocycles. The molecule has 3 N–H and O–H groups in total. The molecule has 1 fully saturated rings. The van der Waals surface area contributed by atoms with E-state index in [-0.39, 0.29) is 12.1 Å². The molecule has 1 atom stereocenters. The Kier molecular flexibility index (Phi) is 3.60. The highest BCUT2D eigenvalue weighted by molar-refractivity contribution is 5.68. The van der Waals surface area contributed by atoms with Gasteiger partial charge in [-0.1, -0.05) is 0 Å². The van der Waals surface area contributed by atoms with E-state index in [1.165, 1.54) is 0 Å². The highest BCUT2D eigenvalue weighted by atomic mass is 16.6. The summed E-state index contributed by atoms with van der Waals surface area (Å²) in [6, 6.07) is 0.470. The zero-order chi connectivity index (χ0) is 11.6. The van der Waals surface area contributed by atoms with Gasteiger partial charge >= 0.3 is 6.09 Å². The monoisotopic (exact) mass is 214 g/mol. The van der Waals surface area contributed by atoms with Crippen molar-refractivity contribution in [1.82, 2.24) is 5.32 Å². The third kappa shape index (κ3) is 4.08. The Morgan fingerprint density at radius 2 is 2.00 bits per heavy atom. The lowest BCUT2D eigenvalue weighted by Crippen LogP contribution is -2.49. The summed E-state index contributed by atoms with van der Waals surface area (Å²) >= 11 is 0. The number of ether oxygens (including phenoxy) is 1. The van der Waals surface area contributed by atoms with E-state index < -0.39 is 5.60 Å². The van der Waals surface area contributed by atoms with Gasteiger partial charge in [-0.3, -0.25) is 0 Å². The summed E-state index contributed by atoms with van der Waals surface area (Å²) in [5, 5.41) is 2.84. The fourth-order valence-electron chi connectivity index (χ4n) is 1.73. The minimum absolute atomic E-state index is 0.152. The average Bonchev–Trinajstić information content (AvgIpc) is 1.94. The van der Waals surface area contributed by atoms with Crippen LogP contribution < -0.4 is 11.1 Å². The number of rotatable bonds is 2. The summed E-state index contributed by atoms with van der Waals surface area (Å²) < 4.78 is 5.17. The maximum atomic E-state index is 11.4. The molecule has 1 aliphatic rings. The predicted molar refractivity (Wildman–Crippen MR) is 59.5 cm³/mol. The lowest BCUT2D eigenvalue weighted by atomic mass is 9.76. The fourth-order valence-corrected chi connectivity index (χ4v) is 1.73. The van der Waals surface area contributed by atoms with Crippen molar-refractivity contribution < 1.29 is 9.53 Å². The number of nitrogens with two attached hydrogens (primary N) is 1. The van der Waals surface area contributed by atoms with Crippen molar-refractivity contribution in [3.63, 3.8) is 0 Å². The van der Waals surface area contributed by atoms with Gasteiger partial charge in [0.2, 0.25) is 0 Å². The van der Waals surface area contributed by atoms with Gasteiger partial charge in [-0.2, -0.15) is 0 Å². The third-order valence-electron chi connectivity index (χ3n) is 2.66. The second kappa shape index (κ2) is 4.39. The van der Waals surface area contributed by atoms with E-state index in [4.69, 9.17) is 10.5 Å². The molecule has 1 saturated carbocycles. The van der Waals surface area contributed by atoms with Crippen LogP contribution in [0.1, 0.15) is 40.5 Å². The minimum atomic E-state index is -0.431. The summed E-state index contributed by atoms with van der Waals surface area (Å²) in [6.45, 7) is 7.57. The minimum Gasteiger partial charge on any atom is -0.444 e. The number of carbonyl (C=O) groups excluding carboxylic acids is 1. The maximum absolute atomic E-state index is 11.4. The Bertz CT molecular complexity index is 229. The molecule has 1 rings (SSSR count). The molecule has 0 bridgehead atoms. The molecule has 15 heavy (non-hydrogen) atoms. The molecule has 0 spiro atoms. The Labute approximate surface area is 91.5 Å². The van der Waals surface area contributed by atoms with Crippen LogP contribution in [0.2, 0.25) is 0 Å². The van der Waals surface area contributed by atoms with E-state index in [0.717, 1.165) is 12.8 Å². The standard InChI is InChI=1S/C11H22N2O2/c1-7(8-5-9(12)6-8)13-10(14)15-11(2,3)4/h7-9H,5-6,12H2,1-4H3,(H,13,14). The molecular weight excluding hydrogens is 192 g/mol. The van der Waals surface area contributed by atoms with Crippen molar-refractivity contribution in [3.8, 4) is 0 Å². The third-order valence-corrected chi connectivity index (χ3v) is 2.66. The van der Waals surface area contributed by atoms with Crippen LogP contribution in [0.3, 0.4) is 0 Å². The second-order valence-electron chi connectivity index (χ2n) is 5.43. The van der Waals surface area contributed by atoms with Gasteiger partial charge in [-0.15, -0.1) is 0 Å². The van der Waals surface area contributed by atoms with Crippen LogP contribution in [0, 0.1) is 5.92 Å². The number of nitrogens with one attached hydrogen (secondary N) is 1. The van der Waals surface area contributed by atoms with E-state index in [0.29, 0.717) is 12.0 Å². The summed E-state index contributed by atoms with van der Waals surface area (Å²) in [7, 11) is 0. The average molecular weight is 214 g/mol. The van der Waals surface area contributed by atoms with Crippen molar-refractivity contribution in [2.24, 2.45) is 11.7 Å². The molecule has 4 nitrogen and oxygen atoms in total. The highest BCUT2D eigenvalue weighted by Crippen LogP contribution is 2.28. The fraction of sp³-hybridized carbons (Fsp3) is 0.909. The number of carbonyl (C=O) groups is 1. The van der Waals surface area contributed by atoms with Crippen LogP contribution >= 0.6 is 0 Å². The normalized spacial score (nSPS) is 27.8. The Hall–Kier alpha value is -0.770. The van der Waals surface area contributed by atoms with Gasteiger partial charge in [0.1, 0.15) is 5.60 Å². The Morgan fingerprint density at radius 3 is 2.40 bits per heavy atom. The van der Waals surface area contributed by atoms with Gasteiger partial charge in [0.05, 0.1) is 0 Å². The summed E-state index contributed by atoms with van der Waals surface area (Å²) in [5.41, 5.74) is 5.26. The van der Waals surface area contributed by atoms with Crippen LogP contribution in [0.25, 0.3) is 0 Å². The first-order valence-corrected chi connectivity index (χ1v) is 5.53. The smallest absolute Gasteiger partial charge is 0.407 e. The molecule has 0 heterocycles. The van der Waals surface area contributed by atoms with Gasteiger partial charge < -0.3 is 15.8 Å². The van der Waals surface area contributed by atoms with Crippen LogP contribution in [0.4, 0.5) is 4.79 Å². The maximum Gasteiger partial charge on any atom is 0.407 e. The second-order valence-corrected chi connectivity index (χ2v) is 5.43. The first-order valence-electron chi connectivity index (χ1n) is 5.53. The lowest BCUT2D eigenvalue weighted by Gasteiger charge is -2.37. The van der Waals surface area contributed by atoms with Crippen molar-refractivity contribution >= 4 is 6.09 Å². The Balaban J connectivity index is 2.26. The largest absolute Gasteiger partial charge is 0.444 e. The molecule has 0 radical (unpaired) electrons. The van der Waals surface area contributed by atoms with Crippen LogP contribution in [0.5, 0.6) is 0 Å². The Morgan fingerprint density at radius 1 is 1.47 bits per heavy atom. The van der Waals surface area contributed by atoms with E-state index in [1.54, 1.807) is 0 Å². The first-order chi connectivity index (χ1) is 6.78. The number of hydrogen-bond acceptors (Lipinski definition) is 3. The molecule has 0 aromatic carbocycles. The van der Waals surface area contributed by atoms with Gasteiger partial charge in [0.15, 0.2) is 0 Å². The van der Waals surface area contributed by atoms with Crippen molar-refractivity contribution in [2.75, 3.05) is 0 Å². The number of amides is 1. The molecule has 88 valence electrons. The van der Waals surface area contributed by atoms with Crippen LogP contribution in [-0.2, 0) is 4.74 Å². The molecule has 1 aliphatic carbocycles. The van der Waals surface area contributed by atoms with Crippen molar-refractivity contribution in [1.29, 1.82) is 0 Å². The summed E-state index contributed by atoms with van der Waals surface area (Å²) in [5.74, 6) is 0.507. The van der Waals surface area contributed by atoms with Crippen LogP contribution in [0.15, 0.2) is 0 Å². The van der Waals surface area contributed by atoms with Gasteiger partial charge in [0, 0.05) is 12.1 Å². The van der Waals surface area contributed by atoms with E-state index in [2.05, 4.69) is 5.32 Å². The van der Waals surface area contributed by atoms with Crippen LogP contribution in [-0.4, -0.2) is 23.8 Å². The predicted octanol–water partition coefficient (Wildman–Crippen LogP) is 1.64. The zero-order valence-electron chi connectivity index (χ0n) is 10.0. The quantitative estimate of drug-likeness (QED) is 0.734. The molecule has 0 aromatic rings. The zero-order valence-corrected chi connectivity index (χ0v) is 10.0. The van der Waals surface area contributed by atoms with Gasteiger partial charge in [0.25, 0.3) is 0 Å². The number of alkyl carbamates (subject to hydrolysis) is 1. The van der Waals surface area contributed by atoms with Gasteiger partial charge in [-0.05, 0) is 46.5 Å². The highest BCUT2D eigenvalue weighted by Gasteiger charge is 2.31. The first kappa shape index (κ1) is 12.3. The lowest BCUT2D eigenvalue weighted by molar-refractivity contribution is 0.0467. The molecule has 4 heteroatoms. The van der Waals surface area contributed by atoms with E-state index in [1.807, 2.05) is 27.7 Å². The molecule has 1 amide bonds. The van der Waals surface area contributed by atoms with E-state index >= 15 is 0 Å². The molecular formula is C11H22N2O2. The molecule has 1 unspecified atom stereocenters. The van der Waals surface area contributed by atoms with E-state index in [9.17, 15) is 4.79 Å². The molecule has 0 saturated heterocycles. The summed E-state index contributed by atoms with van der Waals surface area (Å²) in [6.07, 6.45) is 1.66. The van der Waals surface area contributed by atoms with Gasteiger partial charge in [-0.25, -0.2) is 4.79 Å². The van der Waals surface area contributed by atoms with Crippen molar-refractivity contribution in [3.05, 3.63) is 0 Å². The number of hydrogen-bond donors (Lipinski definition) is 2. The molecule has 0 aliphatic heterocycles. The summed E-state index contributed by atoms with van der Waals surface area (Å²) in [4.78, 5) is 11.4. The SMILES string of the molecule is CC(NC(=O)OC(C)(C)C)C1CC(N)C1.